The Labute approximate surface area is 224 Å². The second-order valence-corrected chi connectivity index (χ2v) is 11.8. The Balaban J connectivity index is 1.75. The van der Waals surface area contributed by atoms with Crippen LogP contribution < -0.4 is 4.74 Å². The van der Waals surface area contributed by atoms with Gasteiger partial charge < -0.3 is 9.47 Å². The number of unbranched alkanes of at least 4 members (excludes halogenated alkanes) is 5. The van der Waals surface area contributed by atoms with Gasteiger partial charge in [0.05, 0.1) is 24.6 Å². The van der Waals surface area contributed by atoms with Crippen molar-refractivity contribution < 1.29 is 14.3 Å². The molecule has 2 aromatic carbocycles. The highest BCUT2D eigenvalue weighted by Crippen LogP contribution is 2.33. The molecule has 0 fully saturated rings. The number of esters is 1. The number of azo groups is 1. The van der Waals surface area contributed by atoms with Crippen LogP contribution in [0.5, 0.6) is 5.75 Å². The van der Waals surface area contributed by atoms with Crippen LogP contribution in [-0.2, 0) is 20.4 Å². The maximum Gasteiger partial charge on any atom is 0.333 e. The number of hydrogen-bond acceptors (Lipinski definition) is 5. The van der Waals surface area contributed by atoms with E-state index < -0.39 is 0 Å². The van der Waals surface area contributed by atoms with Gasteiger partial charge in [-0.05, 0) is 78.1 Å². The fraction of sp³-hybridized carbons (Fsp3) is 0.531. The summed E-state index contributed by atoms with van der Waals surface area (Å²) in [6.45, 7) is 19.8. The van der Waals surface area contributed by atoms with Gasteiger partial charge in [-0.15, -0.1) is 0 Å². The molecule has 0 atom stereocenters. The topological polar surface area (TPSA) is 60.2 Å². The van der Waals surface area contributed by atoms with Crippen molar-refractivity contribution in [3.63, 3.8) is 0 Å². The summed E-state index contributed by atoms with van der Waals surface area (Å²) in [7, 11) is 0. The number of hydrogen-bond donors (Lipinski definition) is 0. The number of benzene rings is 2. The Hall–Kier alpha value is -2.95. The molecule has 2 rings (SSSR count). The first-order chi connectivity index (χ1) is 17.4. The number of ether oxygens (including phenoxy) is 2. The van der Waals surface area contributed by atoms with Gasteiger partial charge >= 0.3 is 5.97 Å². The van der Waals surface area contributed by atoms with Crippen molar-refractivity contribution in [3.05, 3.63) is 65.7 Å². The van der Waals surface area contributed by atoms with E-state index >= 15 is 0 Å². The van der Waals surface area contributed by atoms with Crippen molar-refractivity contribution in [3.8, 4) is 5.75 Å². The zero-order valence-corrected chi connectivity index (χ0v) is 24.0. The molecule has 5 nitrogen and oxygen atoms in total. The molecule has 0 spiro atoms. The van der Waals surface area contributed by atoms with Gasteiger partial charge in [-0.25, -0.2) is 4.79 Å². The van der Waals surface area contributed by atoms with Crippen LogP contribution in [0.3, 0.4) is 0 Å². The Morgan fingerprint density at radius 2 is 1.22 bits per heavy atom. The SMILES string of the molecule is C=C(C)C(=O)OCCCCCCCCOc1ccc(N=Nc2cc(C(C)(C)C)cc(C(C)(C)C)c2)cc1. The summed E-state index contributed by atoms with van der Waals surface area (Å²) in [6.07, 6.45) is 6.41. The van der Waals surface area contributed by atoms with Gasteiger partial charge in [0.15, 0.2) is 0 Å². The average Bonchev–Trinajstić information content (AvgIpc) is 2.83. The third-order valence-electron chi connectivity index (χ3n) is 6.16. The van der Waals surface area contributed by atoms with Gasteiger partial charge in [0.2, 0.25) is 0 Å². The molecule has 0 aromatic heterocycles. The maximum atomic E-state index is 11.3. The van der Waals surface area contributed by atoms with Crippen molar-refractivity contribution in [2.45, 2.75) is 97.8 Å². The van der Waals surface area contributed by atoms with Crippen molar-refractivity contribution in [2.75, 3.05) is 13.2 Å². The predicted molar refractivity (Wildman–Crippen MR) is 153 cm³/mol. The number of nitrogens with zero attached hydrogens (tertiary/aromatic N) is 2. The standard InChI is InChI=1S/C32H46N2O3/c1-24(2)30(35)37-20-14-12-10-9-11-13-19-36-29-17-15-27(16-18-29)33-34-28-22-25(31(3,4)5)21-26(23-28)32(6,7)8/h15-18,21-23H,1,9-14,19-20H2,2-8H3. The van der Waals surface area contributed by atoms with E-state index in [4.69, 9.17) is 9.47 Å². The van der Waals surface area contributed by atoms with Crippen LogP contribution in [-0.4, -0.2) is 19.2 Å². The zero-order valence-electron chi connectivity index (χ0n) is 24.0. The van der Waals surface area contributed by atoms with Crippen molar-refractivity contribution >= 4 is 17.3 Å². The molecule has 37 heavy (non-hydrogen) atoms. The van der Waals surface area contributed by atoms with Crippen molar-refractivity contribution in [2.24, 2.45) is 10.2 Å². The van der Waals surface area contributed by atoms with Crippen LogP contribution in [0.1, 0.15) is 98.1 Å². The van der Waals surface area contributed by atoms with Gasteiger partial charge in [0.1, 0.15) is 5.75 Å². The summed E-state index contributed by atoms with van der Waals surface area (Å²) in [6, 6.07) is 14.3. The van der Waals surface area contributed by atoms with E-state index in [1.165, 1.54) is 11.1 Å². The normalized spacial score (nSPS) is 12.1. The zero-order chi connectivity index (χ0) is 27.5. The lowest BCUT2D eigenvalue weighted by Crippen LogP contribution is -2.16. The summed E-state index contributed by atoms with van der Waals surface area (Å²) in [5.74, 6) is 0.553. The highest BCUT2D eigenvalue weighted by molar-refractivity contribution is 5.86. The molecule has 0 N–H and O–H groups in total. The first kappa shape index (κ1) is 30.3. The highest BCUT2D eigenvalue weighted by Gasteiger charge is 2.20. The lowest BCUT2D eigenvalue weighted by atomic mass is 9.80. The van der Waals surface area contributed by atoms with Gasteiger partial charge in [-0.3, -0.25) is 0 Å². The molecular weight excluding hydrogens is 460 g/mol. The fourth-order valence-electron chi connectivity index (χ4n) is 3.65. The Bertz CT molecular complexity index is 1010. The van der Waals surface area contributed by atoms with Crippen molar-refractivity contribution in [1.29, 1.82) is 0 Å². The smallest absolute Gasteiger partial charge is 0.333 e. The van der Waals surface area contributed by atoms with E-state index in [2.05, 4.69) is 76.5 Å². The first-order valence-electron chi connectivity index (χ1n) is 13.5. The molecule has 2 aromatic rings. The molecule has 0 unspecified atom stereocenters. The second-order valence-electron chi connectivity index (χ2n) is 11.8. The Morgan fingerprint density at radius 1 is 0.730 bits per heavy atom. The Morgan fingerprint density at radius 3 is 1.73 bits per heavy atom. The van der Waals surface area contributed by atoms with E-state index in [9.17, 15) is 4.79 Å². The van der Waals surface area contributed by atoms with Gasteiger partial charge in [-0.2, -0.15) is 10.2 Å². The number of carbonyl (C=O) groups excluding carboxylic acids is 1. The predicted octanol–water partition coefficient (Wildman–Crippen LogP) is 9.54. The molecule has 202 valence electrons. The summed E-state index contributed by atoms with van der Waals surface area (Å²) in [4.78, 5) is 11.3. The van der Waals surface area contributed by atoms with E-state index in [0.717, 1.165) is 55.6 Å². The molecule has 0 aliphatic heterocycles. The minimum Gasteiger partial charge on any atom is -0.494 e. The van der Waals surface area contributed by atoms with Crippen LogP contribution in [0, 0.1) is 0 Å². The minimum atomic E-state index is -0.297. The quantitative estimate of drug-likeness (QED) is 0.118. The molecule has 0 saturated carbocycles. The molecule has 5 heteroatoms. The molecule has 0 radical (unpaired) electrons. The first-order valence-corrected chi connectivity index (χ1v) is 13.5. The van der Waals surface area contributed by atoms with Crippen LogP contribution in [0.25, 0.3) is 0 Å². The number of rotatable bonds is 13. The highest BCUT2D eigenvalue weighted by atomic mass is 16.5. The summed E-state index contributed by atoms with van der Waals surface area (Å²) >= 11 is 0. The summed E-state index contributed by atoms with van der Waals surface area (Å²) in [5, 5.41) is 9.02. The van der Waals surface area contributed by atoms with Crippen LogP contribution in [0.15, 0.2) is 64.8 Å². The Kier molecular flexibility index (Phi) is 11.5. The average molecular weight is 507 g/mol. The van der Waals surface area contributed by atoms with Gasteiger partial charge in [0.25, 0.3) is 0 Å². The largest absolute Gasteiger partial charge is 0.494 e. The molecule has 0 aliphatic carbocycles. The molecule has 0 aliphatic rings. The van der Waals surface area contributed by atoms with E-state index in [1.807, 2.05) is 24.3 Å². The lowest BCUT2D eigenvalue weighted by Gasteiger charge is -2.25. The fourth-order valence-corrected chi connectivity index (χ4v) is 3.65. The molecular formula is C32H46N2O3. The van der Waals surface area contributed by atoms with E-state index in [-0.39, 0.29) is 16.8 Å². The monoisotopic (exact) mass is 506 g/mol. The third-order valence-corrected chi connectivity index (χ3v) is 6.16. The number of carbonyl (C=O) groups is 1. The minimum absolute atomic E-state index is 0.0473. The third kappa shape index (κ3) is 11.3. The summed E-state index contributed by atoms with van der Waals surface area (Å²) < 4.78 is 11.0. The maximum absolute atomic E-state index is 11.3. The van der Waals surface area contributed by atoms with E-state index in [1.54, 1.807) is 6.92 Å². The van der Waals surface area contributed by atoms with Crippen LogP contribution in [0.4, 0.5) is 11.4 Å². The molecule has 0 heterocycles. The van der Waals surface area contributed by atoms with E-state index in [0.29, 0.717) is 18.8 Å². The van der Waals surface area contributed by atoms with Crippen molar-refractivity contribution in [1.82, 2.24) is 0 Å². The molecule has 0 bridgehead atoms. The second kappa shape index (κ2) is 14.1. The summed E-state index contributed by atoms with van der Waals surface area (Å²) in [5.41, 5.74) is 4.77. The van der Waals surface area contributed by atoms with Gasteiger partial charge in [0, 0.05) is 5.57 Å². The molecule has 0 saturated heterocycles. The lowest BCUT2D eigenvalue weighted by molar-refractivity contribution is -0.139. The molecule has 0 amide bonds. The van der Waals surface area contributed by atoms with Gasteiger partial charge in [-0.1, -0.05) is 79.9 Å². The van der Waals surface area contributed by atoms with Crippen LogP contribution in [0.2, 0.25) is 0 Å². The van der Waals surface area contributed by atoms with Crippen LogP contribution >= 0.6 is 0 Å².